The minimum Gasteiger partial charge on any atom is -0.404 e. The molecule has 3 heterocycles. The summed E-state index contributed by atoms with van der Waals surface area (Å²) >= 11 is 1.24. The van der Waals surface area contributed by atoms with Gasteiger partial charge in [0.05, 0.1) is 28.2 Å². The van der Waals surface area contributed by atoms with Crippen molar-refractivity contribution in [2.24, 2.45) is 23.7 Å². The van der Waals surface area contributed by atoms with Gasteiger partial charge in [0.25, 0.3) is 0 Å². The van der Waals surface area contributed by atoms with Crippen molar-refractivity contribution in [1.82, 2.24) is 9.97 Å². The van der Waals surface area contributed by atoms with E-state index >= 15 is 0 Å². The van der Waals surface area contributed by atoms with Crippen LogP contribution in [0.1, 0.15) is 6.42 Å². The SMILES string of the molecule is O=C1[C@@H]2C3C=CC(C3)[C@@H]2C(=O)N1c1nc2ccc(Nc3ccc(OC(F)(F)F)cn3)cc2s1. The summed E-state index contributed by atoms with van der Waals surface area (Å²) in [6, 6.07) is 7.80. The van der Waals surface area contributed by atoms with E-state index in [0.29, 0.717) is 22.2 Å². The Kier molecular flexibility index (Phi) is 4.28. The Morgan fingerprint density at radius 2 is 1.79 bits per heavy atom. The van der Waals surface area contributed by atoms with Gasteiger partial charge in [-0.15, -0.1) is 13.2 Å². The summed E-state index contributed by atoms with van der Waals surface area (Å²) < 4.78 is 41.4. The summed E-state index contributed by atoms with van der Waals surface area (Å²) in [5.41, 5.74) is 1.27. The fourth-order valence-electron chi connectivity index (χ4n) is 4.97. The van der Waals surface area contributed by atoms with Gasteiger partial charge in [0, 0.05) is 5.69 Å². The average molecular weight is 472 g/mol. The van der Waals surface area contributed by atoms with E-state index < -0.39 is 12.1 Å². The first-order valence-corrected chi connectivity index (χ1v) is 11.0. The van der Waals surface area contributed by atoms with Gasteiger partial charge in [-0.3, -0.25) is 9.59 Å². The number of anilines is 3. The van der Waals surface area contributed by atoms with Gasteiger partial charge in [0.1, 0.15) is 11.6 Å². The van der Waals surface area contributed by atoms with Crippen LogP contribution in [0.3, 0.4) is 0 Å². The maximum Gasteiger partial charge on any atom is 0.573 e. The highest BCUT2D eigenvalue weighted by molar-refractivity contribution is 7.22. The molecule has 2 fully saturated rings. The molecule has 2 bridgehead atoms. The molecule has 11 heteroatoms. The standard InChI is InChI=1S/C22H15F3N4O3S/c23-22(24,25)32-13-4-6-16(26-9-13)27-12-3-5-14-15(8-12)33-21(28-14)29-19(30)17-10-1-2-11(7-10)18(17)20(29)31/h1-6,8-11,17-18H,7H2,(H,26,27)/t10?,11?,17-,18+. The van der Waals surface area contributed by atoms with Crippen molar-refractivity contribution < 1.29 is 27.5 Å². The highest BCUT2D eigenvalue weighted by Crippen LogP contribution is 2.53. The summed E-state index contributed by atoms with van der Waals surface area (Å²) in [6.07, 6.45) is 1.16. The highest BCUT2D eigenvalue weighted by atomic mass is 32.1. The van der Waals surface area contributed by atoms with E-state index in [2.05, 4.69) is 20.0 Å². The summed E-state index contributed by atoms with van der Waals surface area (Å²) in [7, 11) is 0. The lowest BCUT2D eigenvalue weighted by Gasteiger charge is -2.14. The molecule has 2 aromatic heterocycles. The topological polar surface area (TPSA) is 84.4 Å². The molecule has 2 aliphatic carbocycles. The number of hydrogen-bond acceptors (Lipinski definition) is 7. The van der Waals surface area contributed by atoms with Crippen molar-refractivity contribution in [3.8, 4) is 5.75 Å². The van der Waals surface area contributed by atoms with Crippen molar-refractivity contribution >= 4 is 50.0 Å². The second kappa shape index (κ2) is 7.01. The molecule has 33 heavy (non-hydrogen) atoms. The summed E-state index contributed by atoms with van der Waals surface area (Å²) in [5.74, 6) is -0.745. The Labute approximate surface area is 188 Å². The largest absolute Gasteiger partial charge is 0.573 e. The number of thiazole rings is 1. The van der Waals surface area contributed by atoms with Gasteiger partial charge < -0.3 is 10.1 Å². The zero-order valence-electron chi connectivity index (χ0n) is 16.7. The number of ether oxygens (including phenoxy) is 1. The molecule has 1 saturated heterocycles. The summed E-state index contributed by atoms with van der Waals surface area (Å²) in [5, 5.41) is 3.37. The van der Waals surface area contributed by atoms with Crippen molar-refractivity contribution in [3.63, 3.8) is 0 Å². The van der Waals surface area contributed by atoms with Crippen molar-refractivity contribution in [3.05, 3.63) is 48.7 Å². The predicted octanol–water partition coefficient (Wildman–Crippen LogP) is 4.65. The van der Waals surface area contributed by atoms with E-state index in [1.165, 1.54) is 22.3 Å². The van der Waals surface area contributed by atoms with E-state index in [1.54, 1.807) is 18.2 Å². The molecule has 2 unspecified atom stereocenters. The fraction of sp³-hybridized carbons (Fsp3) is 0.273. The number of hydrogen-bond donors (Lipinski definition) is 1. The van der Waals surface area contributed by atoms with Crippen LogP contribution < -0.4 is 15.0 Å². The highest BCUT2D eigenvalue weighted by Gasteiger charge is 2.60. The van der Waals surface area contributed by atoms with Crippen molar-refractivity contribution in [2.75, 3.05) is 10.2 Å². The third-order valence-electron chi connectivity index (χ3n) is 6.28. The zero-order valence-corrected chi connectivity index (χ0v) is 17.6. The first-order chi connectivity index (χ1) is 15.8. The maximum absolute atomic E-state index is 13.0. The summed E-state index contributed by atoms with van der Waals surface area (Å²) in [6.45, 7) is 0. The van der Waals surface area contributed by atoms with E-state index in [4.69, 9.17) is 0 Å². The number of benzene rings is 1. The van der Waals surface area contributed by atoms with Crippen LogP contribution in [-0.2, 0) is 9.59 Å². The minimum absolute atomic E-state index is 0.132. The molecular formula is C22H15F3N4O3S. The molecule has 4 atom stereocenters. The van der Waals surface area contributed by atoms with Crippen molar-refractivity contribution in [1.29, 1.82) is 0 Å². The normalized spacial score (nSPS) is 25.8. The molecular weight excluding hydrogens is 457 g/mol. The number of imide groups is 1. The molecule has 168 valence electrons. The molecule has 3 aliphatic rings. The number of pyridine rings is 1. The van der Waals surface area contributed by atoms with Crippen LogP contribution in [0.5, 0.6) is 5.75 Å². The van der Waals surface area contributed by atoms with Gasteiger partial charge in [-0.2, -0.15) is 0 Å². The third kappa shape index (κ3) is 3.34. The first-order valence-electron chi connectivity index (χ1n) is 10.2. The Balaban J connectivity index is 1.23. The Morgan fingerprint density at radius 3 is 2.42 bits per heavy atom. The number of halogens is 3. The zero-order chi connectivity index (χ0) is 22.9. The lowest BCUT2D eigenvalue weighted by Crippen LogP contribution is -2.32. The number of carbonyl (C=O) groups excluding carboxylic acids is 2. The predicted molar refractivity (Wildman–Crippen MR) is 114 cm³/mol. The molecule has 0 radical (unpaired) electrons. The Bertz CT molecular complexity index is 1290. The Morgan fingerprint density at radius 1 is 1.06 bits per heavy atom. The van der Waals surface area contributed by atoms with Crippen LogP contribution >= 0.6 is 11.3 Å². The minimum atomic E-state index is -4.78. The smallest absolute Gasteiger partial charge is 0.404 e. The molecule has 6 rings (SSSR count). The van der Waals surface area contributed by atoms with Gasteiger partial charge in [-0.25, -0.2) is 14.9 Å². The van der Waals surface area contributed by atoms with E-state index in [1.807, 2.05) is 12.2 Å². The second-order valence-corrected chi connectivity index (χ2v) is 9.25. The Hall–Kier alpha value is -3.47. The quantitative estimate of drug-likeness (QED) is 0.440. The van der Waals surface area contributed by atoms with Gasteiger partial charge in [0.2, 0.25) is 11.8 Å². The lowest BCUT2D eigenvalue weighted by molar-refractivity contribution is -0.274. The molecule has 1 saturated carbocycles. The maximum atomic E-state index is 13.0. The molecule has 0 spiro atoms. The summed E-state index contributed by atoms with van der Waals surface area (Å²) in [4.78, 5) is 35.7. The van der Waals surface area contributed by atoms with Gasteiger partial charge >= 0.3 is 6.36 Å². The molecule has 1 aromatic carbocycles. The molecule has 3 aromatic rings. The lowest BCUT2D eigenvalue weighted by atomic mass is 9.85. The van der Waals surface area contributed by atoms with Crippen LogP contribution in [0, 0.1) is 23.7 Å². The van der Waals surface area contributed by atoms with Gasteiger partial charge in [0.15, 0.2) is 5.13 Å². The number of fused-ring (bicyclic) bond motifs is 6. The number of alkyl halides is 3. The molecule has 1 aliphatic heterocycles. The molecule has 2 amide bonds. The second-order valence-electron chi connectivity index (χ2n) is 8.24. The van der Waals surface area contributed by atoms with Crippen LogP contribution in [0.25, 0.3) is 10.2 Å². The number of allylic oxidation sites excluding steroid dienone is 2. The first kappa shape index (κ1) is 20.2. The average Bonchev–Trinajstić information content (AvgIpc) is 3.51. The van der Waals surface area contributed by atoms with E-state index in [0.717, 1.165) is 23.4 Å². The molecule has 1 N–H and O–H groups in total. The van der Waals surface area contributed by atoms with E-state index in [9.17, 15) is 22.8 Å². The van der Waals surface area contributed by atoms with Crippen LogP contribution in [0.2, 0.25) is 0 Å². The van der Waals surface area contributed by atoms with Gasteiger partial charge in [-0.05, 0) is 48.6 Å². The van der Waals surface area contributed by atoms with Crippen LogP contribution in [-0.4, -0.2) is 28.1 Å². The number of carbonyl (C=O) groups is 2. The third-order valence-corrected chi connectivity index (χ3v) is 7.28. The number of rotatable bonds is 4. The number of nitrogens with one attached hydrogen (secondary N) is 1. The van der Waals surface area contributed by atoms with Crippen LogP contribution in [0.15, 0.2) is 48.7 Å². The number of amides is 2. The molecule has 7 nitrogen and oxygen atoms in total. The number of aromatic nitrogens is 2. The van der Waals surface area contributed by atoms with Crippen molar-refractivity contribution in [2.45, 2.75) is 12.8 Å². The fourth-order valence-corrected chi connectivity index (χ4v) is 5.99. The monoisotopic (exact) mass is 472 g/mol. The van der Waals surface area contributed by atoms with Crippen LogP contribution in [0.4, 0.5) is 29.8 Å². The number of nitrogens with zero attached hydrogens (tertiary/aromatic N) is 3. The van der Waals surface area contributed by atoms with E-state index in [-0.39, 0.29) is 35.5 Å². The van der Waals surface area contributed by atoms with Gasteiger partial charge in [-0.1, -0.05) is 23.5 Å².